The molecule has 0 radical (unpaired) electrons. The third-order valence-electron chi connectivity index (χ3n) is 3.56. The Kier molecular flexibility index (Phi) is 5.04. The number of carbonyl (C=O) groups is 1. The minimum Gasteiger partial charge on any atom is -0.463 e. The fourth-order valence-corrected chi connectivity index (χ4v) is 2.51. The van der Waals surface area contributed by atoms with Gasteiger partial charge in [0.05, 0.1) is 23.8 Å². The maximum absolute atomic E-state index is 12.5. The number of rotatable bonds is 5. The fraction of sp³-hybridized carbons (Fsp3) is 0.176. The quantitative estimate of drug-likeness (QED) is 0.403. The van der Waals surface area contributed by atoms with E-state index in [0.29, 0.717) is 21.7 Å². The number of H-pyrrole nitrogens is 1. The van der Waals surface area contributed by atoms with Gasteiger partial charge in [0.25, 0.3) is 0 Å². The van der Waals surface area contributed by atoms with E-state index in [1.807, 2.05) is 0 Å². The lowest BCUT2D eigenvalue weighted by atomic mass is 10.2. The zero-order chi connectivity index (χ0) is 18.7. The Hall–Kier alpha value is -3.13. The molecule has 3 rings (SSSR count). The van der Waals surface area contributed by atoms with Crippen LogP contribution in [-0.2, 0) is 4.74 Å². The lowest BCUT2D eigenvalue weighted by molar-refractivity contribution is 0.0526. The molecule has 0 aliphatic heterocycles. The van der Waals surface area contributed by atoms with Crippen molar-refractivity contribution in [2.45, 2.75) is 13.8 Å². The molecule has 0 fully saturated rings. The molecule has 0 saturated carbocycles. The summed E-state index contributed by atoms with van der Waals surface area (Å²) >= 11 is 5.92. The van der Waals surface area contributed by atoms with E-state index in [1.165, 1.54) is 18.5 Å². The van der Waals surface area contributed by atoms with Gasteiger partial charge in [0.1, 0.15) is 17.4 Å². The Balaban J connectivity index is 1.86. The smallest absolute Gasteiger partial charge is 0.343 e. The van der Waals surface area contributed by atoms with Gasteiger partial charge in [-0.05, 0) is 32.0 Å². The molecule has 8 nitrogen and oxygen atoms in total. The van der Waals surface area contributed by atoms with E-state index < -0.39 is 5.97 Å². The van der Waals surface area contributed by atoms with Crippen molar-refractivity contribution in [2.24, 2.45) is 5.10 Å². The summed E-state index contributed by atoms with van der Waals surface area (Å²) in [6.45, 7) is 3.65. The minimum atomic E-state index is -0.517. The number of nitrogens with zero attached hydrogens (tertiary/aromatic N) is 2. The molecular weight excluding hydrogens is 360 g/mol. The molecule has 0 unspecified atom stereocenters. The third kappa shape index (κ3) is 3.45. The highest BCUT2D eigenvalue weighted by atomic mass is 35.5. The van der Waals surface area contributed by atoms with Gasteiger partial charge in [-0.1, -0.05) is 11.6 Å². The zero-order valence-electron chi connectivity index (χ0n) is 14.0. The van der Waals surface area contributed by atoms with Crippen LogP contribution in [0.15, 0.2) is 38.8 Å². The normalized spacial score (nSPS) is 11.2. The second kappa shape index (κ2) is 7.40. The number of aromatic amines is 1. The molecule has 0 spiro atoms. The Morgan fingerprint density at radius 1 is 1.50 bits per heavy atom. The second-order valence-electron chi connectivity index (χ2n) is 5.32. The Morgan fingerprint density at radius 3 is 3.08 bits per heavy atom. The Labute approximate surface area is 152 Å². The number of fused-ring (bicyclic) bond motifs is 1. The summed E-state index contributed by atoms with van der Waals surface area (Å²) in [4.78, 5) is 24.4. The first-order valence-corrected chi connectivity index (χ1v) is 8.11. The van der Waals surface area contributed by atoms with Crippen molar-refractivity contribution in [3.63, 3.8) is 0 Å². The predicted octanol–water partition coefficient (Wildman–Crippen LogP) is 3.10. The number of carbonyl (C=O) groups excluding carboxylic acids is 1. The molecule has 0 bridgehead atoms. The first-order valence-electron chi connectivity index (χ1n) is 7.73. The summed E-state index contributed by atoms with van der Waals surface area (Å²) in [5, 5.41) is 11.4. The molecule has 134 valence electrons. The summed E-state index contributed by atoms with van der Waals surface area (Å²) in [5.74, 6) is -0.318. The summed E-state index contributed by atoms with van der Waals surface area (Å²) in [6.07, 6.45) is 2.58. The lowest BCUT2D eigenvalue weighted by Crippen LogP contribution is -2.10. The van der Waals surface area contributed by atoms with Crippen LogP contribution in [-0.4, -0.2) is 29.0 Å². The third-order valence-corrected chi connectivity index (χ3v) is 3.80. The number of anilines is 1. The molecule has 2 aromatic heterocycles. The molecule has 0 aliphatic rings. The number of hydrazone groups is 1. The fourth-order valence-electron chi connectivity index (χ4n) is 2.33. The van der Waals surface area contributed by atoms with Crippen molar-refractivity contribution >= 4 is 40.6 Å². The summed E-state index contributed by atoms with van der Waals surface area (Å²) < 4.78 is 10.4. The van der Waals surface area contributed by atoms with Crippen LogP contribution >= 0.6 is 11.6 Å². The van der Waals surface area contributed by atoms with Crippen LogP contribution in [0.1, 0.15) is 28.5 Å². The van der Waals surface area contributed by atoms with E-state index in [9.17, 15) is 9.59 Å². The highest BCUT2D eigenvalue weighted by Gasteiger charge is 2.19. The van der Waals surface area contributed by atoms with Crippen molar-refractivity contribution in [3.8, 4) is 0 Å². The number of esters is 1. The monoisotopic (exact) mass is 374 g/mol. The van der Waals surface area contributed by atoms with E-state index in [0.717, 1.165) is 0 Å². The molecule has 0 amide bonds. The van der Waals surface area contributed by atoms with Crippen molar-refractivity contribution in [1.29, 1.82) is 0 Å². The first-order chi connectivity index (χ1) is 12.5. The molecule has 1 aromatic carbocycles. The van der Waals surface area contributed by atoms with Crippen molar-refractivity contribution in [3.05, 3.63) is 56.5 Å². The highest BCUT2D eigenvalue weighted by molar-refractivity contribution is 6.31. The van der Waals surface area contributed by atoms with Gasteiger partial charge < -0.3 is 9.15 Å². The average Bonchev–Trinajstić information content (AvgIpc) is 2.98. The Morgan fingerprint density at radius 2 is 2.31 bits per heavy atom. The number of benzene rings is 1. The van der Waals surface area contributed by atoms with E-state index >= 15 is 0 Å². The highest BCUT2D eigenvalue weighted by Crippen LogP contribution is 2.18. The number of ether oxygens (including phenoxy) is 1. The van der Waals surface area contributed by atoms with Crippen LogP contribution in [0.4, 0.5) is 5.82 Å². The maximum atomic E-state index is 12.5. The summed E-state index contributed by atoms with van der Waals surface area (Å²) in [6, 6.07) is 4.79. The standard InChI is InChI=1S/C17H15ClN4O4/c1-3-25-17(24)14-9(2)20-22-16(14)21-19-7-10-8-26-13-5-4-11(18)6-12(13)15(10)23/h4-8H,3H2,1-2H3,(H2,20,21,22)/b19-7+. The van der Waals surface area contributed by atoms with Crippen LogP contribution < -0.4 is 10.9 Å². The summed E-state index contributed by atoms with van der Waals surface area (Å²) in [5.41, 5.74) is 3.79. The molecule has 0 aliphatic carbocycles. The van der Waals surface area contributed by atoms with Crippen LogP contribution in [0.25, 0.3) is 11.0 Å². The molecule has 2 heterocycles. The van der Waals surface area contributed by atoms with Crippen LogP contribution in [0, 0.1) is 6.92 Å². The van der Waals surface area contributed by atoms with Gasteiger partial charge in [-0.3, -0.25) is 15.3 Å². The number of nitrogens with one attached hydrogen (secondary N) is 2. The van der Waals surface area contributed by atoms with Gasteiger partial charge in [-0.2, -0.15) is 10.2 Å². The minimum absolute atomic E-state index is 0.199. The largest absolute Gasteiger partial charge is 0.463 e. The maximum Gasteiger partial charge on any atom is 0.343 e. The van der Waals surface area contributed by atoms with Crippen LogP contribution in [0.5, 0.6) is 0 Å². The van der Waals surface area contributed by atoms with Gasteiger partial charge in [-0.15, -0.1) is 0 Å². The molecule has 0 atom stereocenters. The molecule has 0 saturated heterocycles. The molecule has 3 aromatic rings. The number of hydrogen-bond acceptors (Lipinski definition) is 7. The van der Waals surface area contributed by atoms with Gasteiger partial charge in [0, 0.05) is 10.7 Å². The Bertz CT molecular complexity index is 1050. The number of aryl methyl sites for hydroxylation is 1. The van der Waals surface area contributed by atoms with E-state index in [4.69, 9.17) is 20.8 Å². The predicted molar refractivity (Wildman–Crippen MR) is 98.0 cm³/mol. The molecule has 9 heteroatoms. The number of halogens is 1. The molecule has 2 N–H and O–H groups in total. The molecule has 26 heavy (non-hydrogen) atoms. The SMILES string of the molecule is CCOC(=O)c1c(N/N=C/c2coc3ccc(Cl)cc3c2=O)n[nH]c1C. The van der Waals surface area contributed by atoms with Crippen molar-refractivity contribution < 1.29 is 13.9 Å². The number of hydrogen-bond donors (Lipinski definition) is 2. The van der Waals surface area contributed by atoms with Gasteiger partial charge in [0.2, 0.25) is 5.43 Å². The first kappa shape index (κ1) is 17.7. The van der Waals surface area contributed by atoms with E-state index in [1.54, 1.807) is 26.0 Å². The van der Waals surface area contributed by atoms with E-state index in [-0.39, 0.29) is 29.0 Å². The van der Waals surface area contributed by atoms with Gasteiger partial charge in [0.15, 0.2) is 5.82 Å². The zero-order valence-corrected chi connectivity index (χ0v) is 14.8. The van der Waals surface area contributed by atoms with Crippen molar-refractivity contribution in [2.75, 3.05) is 12.0 Å². The lowest BCUT2D eigenvalue weighted by Gasteiger charge is -2.03. The van der Waals surface area contributed by atoms with E-state index in [2.05, 4.69) is 20.7 Å². The number of aromatic nitrogens is 2. The topological polar surface area (TPSA) is 110 Å². The molecular formula is C17H15ClN4O4. The van der Waals surface area contributed by atoms with Crippen molar-refractivity contribution in [1.82, 2.24) is 10.2 Å². The van der Waals surface area contributed by atoms with Gasteiger partial charge >= 0.3 is 5.97 Å². The summed E-state index contributed by atoms with van der Waals surface area (Å²) in [7, 11) is 0. The second-order valence-corrected chi connectivity index (χ2v) is 5.76. The van der Waals surface area contributed by atoms with Gasteiger partial charge in [-0.25, -0.2) is 4.79 Å². The van der Waals surface area contributed by atoms with Crippen LogP contribution in [0.3, 0.4) is 0 Å². The van der Waals surface area contributed by atoms with Crippen LogP contribution in [0.2, 0.25) is 5.02 Å². The average molecular weight is 375 g/mol.